The van der Waals surface area contributed by atoms with Gasteiger partial charge in [-0.1, -0.05) is 27.7 Å². The highest BCUT2D eigenvalue weighted by Gasteiger charge is 2.43. The molecule has 1 aliphatic heterocycles. The molecular formula is C11H17NO4. The third-order valence-corrected chi connectivity index (χ3v) is 2.60. The van der Waals surface area contributed by atoms with Gasteiger partial charge in [-0.2, -0.15) is 0 Å². The number of hydroxylamine groups is 2. The highest BCUT2D eigenvalue weighted by atomic mass is 16.7. The predicted octanol–water partition coefficient (Wildman–Crippen LogP) is 1.13. The number of carbonyl (C=O) groups is 3. The summed E-state index contributed by atoms with van der Waals surface area (Å²) < 4.78 is 0. The van der Waals surface area contributed by atoms with Crippen LogP contribution in [0.1, 0.15) is 34.1 Å². The van der Waals surface area contributed by atoms with E-state index in [0.29, 0.717) is 5.06 Å². The Morgan fingerprint density at radius 3 is 2.25 bits per heavy atom. The summed E-state index contributed by atoms with van der Waals surface area (Å²) in [5, 5.41) is 0.618. The van der Waals surface area contributed by atoms with Gasteiger partial charge < -0.3 is 4.84 Å². The summed E-state index contributed by atoms with van der Waals surface area (Å²) in [5.74, 6) is -2.07. The molecule has 2 amide bonds. The molecule has 1 unspecified atom stereocenters. The predicted molar refractivity (Wildman–Crippen MR) is 55.7 cm³/mol. The zero-order valence-electron chi connectivity index (χ0n) is 10.0. The van der Waals surface area contributed by atoms with Crippen molar-refractivity contribution < 1.29 is 19.2 Å². The first kappa shape index (κ1) is 12.7. The maximum absolute atomic E-state index is 11.7. The molecule has 5 nitrogen and oxygen atoms in total. The van der Waals surface area contributed by atoms with Gasteiger partial charge in [-0.3, -0.25) is 9.59 Å². The molecule has 0 N–H and O–H groups in total. The molecule has 0 aromatic rings. The van der Waals surface area contributed by atoms with Crippen LogP contribution >= 0.6 is 0 Å². The lowest BCUT2D eigenvalue weighted by Crippen LogP contribution is -2.35. The summed E-state index contributed by atoms with van der Waals surface area (Å²) in [5.41, 5.74) is 0. The SMILES string of the molecule is CC(C)C(=O)ON1C(=O)CC(C(C)C)C1=O. The lowest BCUT2D eigenvalue weighted by Gasteiger charge is -2.16. The van der Waals surface area contributed by atoms with Gasteiger partial charge in [-0.25, -0.2) is 4.79 Å². The van der Waals surface area contributed by atoms with Gasteiger partial charge in [-0.05, 0) is 5.92 Å². The third kappa shape index (κ3) is 2.40. The van der Waals surface area contributed by atoms with Crippen LogP contribution in [0, 0.1) is 17.8 Å². The van der Waals surface area contributed by atoms with Crippen molar-refractivity contribution >= 4 is 17.8 Å². The quantitative estimate of drug-likeness (QED) is 0.678. The molecule has 0 aromatic carbocycles. The van der Waals surface area contributed by atoms with Crippen molar-refractivity contribution in [1.29, 1.82) is 0 Å². The van der Waals surface area contributed by atoms with E-state index in [2.05, 4.69) is 0 Å². The monoisotopic (exact) mass is 227 g/mol. The van der Waals surface area contributed by atoms with E-state index >= 15 is 0 Å². The number of imide groups is 1. The van der Waals surface area contributed by atoms with Gasteiger partial charge in [0.05, 0.1) is 11.8 Å². The fraction of sp³-hybridized carbons (Fsp3) is 0.727. The maximum Gasteiger partial charge on any atom is 0.335 e. The highest BCUT2D eigenvalue weighted by molar-refractivity contribution is 6.03. The minimum atomic E-state index is -0.564. The molecule has 0 saturated carbocycles. The Hall–Kier alpha value is -1.39. The van der Waals surface area contributed by atoms with Crippen molar-refractivity contribution in [3.63, 3.8) is 0 Å². The molecule has 0 spiro atoms. The largest absolute Gasteiger partial charge is 0.335 e. The minimum absolute atomic E-state index is 0.0687. The second kappa shape index (κ2) is 4.63. The number of carbonyl (C=O) groups excluding carboxylic acids is 3. The van der Waals surface area contributed by atoms with E-state index in [4.69, 9.17) is 4.84 Å². The van der Waals surface area contributed by atoms with Gasteiger partial charge >= 0.3 is 5.97 Å². The molecule has 0 bridgehead atoms. The molecule has 1 saturated heterocycles. The summed E-state index contributed by atoms with van der Waals surface area (Å²) >= 11 is 0. The topological polar surface area (TPSA) is 63.7 Å². The van der Waals surface area contributed by atoms with E-state index in [1.807, 2.05) is 13.8 Å². The number of nitrogens with zero attached hydrogens (tertiary/aromatic N) is 1. The van der Waals surface area contributed by atoms with E-state index < -0.39 is 17.8 Å². The van der Waals surface area contributed by atoms with Crippen LogP contribution in [0.5, 0.6) is 0 Å². The van der Waals surface area contributed by atoms with E-state index in [9.17, 15) is 14.4 Å². The van der Waals surface area contributed by atoms with Crippen LogP contribution in [0.3, 0.4) is 0 Å². The summed E-state index contributed by atoms with van der Waals surface area (Å²) in [4.78, 5) is 39.3. The van der Waals surface area contributed by atoms with Crippen molar-refractivity contribution in [3.05, 3.63) is 0 Å². The molecule has 1 fully saturated rings. The lowest BCUT2D eigenvalue weighted by atomic mass is 9.95. The molecule has 0 aromatic heterocycles. The Kier molecular flexibility index (Phi) is 3.67. The van der Waals surface area contributed by atoms with E-state index in [1.54, 1.807) is 13.8 Å². The van der Waals surface area contributed by atoms with Crippen LogP contribution in [0.4, 0.5) is 0 Å². The Morgan fingerprint density at radius 1 is 1.31 bits per heavy atom. The molecule has 1 rings (SSSR count). The van der Waals surface area contributed by atoms with Crippen LogP contribution < -0.4 is 0 Å². The van der Waals surface area contributed by atoms with Crippen LogP contribution in [-0.2, 0) is 19.2 Å². The second-order valence-electron chi connectivity index (χ2n) is 4.65. The Morgan fingerprint density at radius 2 is 1.88 bits per heavy atom. The fourth-order valence-corrected chi connectivity index (χ4v) is 1.44. The third-order valence-electron chi connectivity index (χ3n) is 2.60. The van der Waals surface area contributed by atoms with Crippen molar-refractivity contribution in [2.24, 2.45) is 17.8 Å². The standard InChI is InChI=1S/C11H17NO4/c1-6(2)8-5-9(13)12(10(8)14)16-11(15)7(3)4/h6-8H,5H2,1-4H3. The second-order valence-corrected chi connectivity index (χ2v) is 4.65. The molecule has 16 heavy (non-hydrogen) atoms. The molecule has 1 atom stereocenters. The maximum atomic E-state index is 11.7. The minimum Gasteiger partial charge on any atom is -0.330 e. The van der Waals surface area contributed by atoms with Gasteiger partial charge in [0.25, 0.3) is 11.8 Å². The normalized spacial score (nSPS) is 21.1. The van der Waals surface area contributed by atoms with Gasteiger partial charge in [-0.15, -0.1) is 5.06 Å². The van der Waals surface area contributed by atoms with Gasteiger partial charge in [0, 0.05) is 6.42 Å². The zero-order chi connectivity index (χ0) is 12.5. The molecule has 1 heterocycles. The number of amides is 2. The van der Waals surface area contributed by atoms with E-state index in [1.165, 1.54) is 0 Å². The number of hydrogen-bond donors (Lipinski definition) is 0. The molecule has 0 radical (unpaired) electrons. The van der Waals surface area contributed by atoms with Crippen molar-refractivity contribution in [2.75, 3.05) is 0 Å². The number of hydrogen-bond acceptors (Lipinski definition) is 4. The summed E-state index contributed by atoms with van der Waals surface area (Å²) in [6.07, 6.45) is 0.127. The summed E-state index contributed by atoms with van der Waals surface area (Å²) in [6, 6.07) is 0. The van der Waals surface area contributed by atoms with Gasteiger partial charge in [0.1, 0.15) is 0 Å². The molecule has 0 aliphatic carbocycles. The van der Waals surface area contributed by atoms with Crippen molar-refractivity contribution in [2.45, 2.75) is 34.1 Å². The van der Waals surface area contributed by atoms with E-state index in [0.717, 1.165) is 0 Å². The Bertz CT molecular complexity index is 322. The summed E-state index contributed by atoms with van der Waals surface area (Å²) in [6.45, 7) is 7.02. The average molecular weight is 227 g/mol. The zero-order valence-corrected chi connectivity index (χ0v) is 10.0. The van der Waals surface area contributed by atoms with Gasteiger partial charge in [0.2, 0.25) is 0 Å². The molecule has 5 heteroatoms. The van der Waals surface area contributed by atoms with E-state index in [-0.39, 0.29) is 24.2 Å². The van der Waals surface area contributed by atoms with Crippen molar-refractivity contribution in [3.8, 4) is 0 Å². The molecule has 1 aliphatic rings. The smallest absolute Gasteiger partial charge is 0.330 e. The first-order valence-corrected chi connectivity index (χ1v) is 5.43. The first-order chi connectivity index (χ1) is 7.34. The molecular weight excluding hydrogens is 210 g/mol. The first-order valence-electron chi connectivity index (χ1n) is 5.43. The fourth-order valence-electron chi connectivity index (χ4n) is 1.44. The van der Waals surface area contributed by atoms with Crippen LogP contribution in [0.25, 0.3) is 0 Å². The van der Waals surface area contributed by atoms with Crippen LogP contribution in [-0.4, -0.2) is 22.8 Å². The molecule has 90 valence electrons. The number of rotatable bonds is 3. The lowest BCUT2D eigenvalue weighted by molar-refractivity contribution is -0.200. The van der Waals surface area contributed by atoms with Crippen molar-refractivity contribution in [1.82, 2.24) is 5.06 Å². The summed E-state index contributed by atoms with van der Waals surface area (Å²) in [7, 11) is 0. The van der Waals surface area contributed by atoms with Crippen LogP contribution in [0.15, 0.2) is 0 Å². The highest BCUT2D eigenvalue weighted by Crippen LogP contribution is 2.26. The Labute approximate surface area is 94.7 Å². The van der Waals surface area contributed by atoms with Gasteiger partial charge in [0.15, 0.2) is 0 Å². The van der Waals surface area contributed by atoms with Crippen LogP contribution in [0.2, 0.25) is 0 Å². The Balaban J connectivity index is 2.72. The average Bonchev–Trinajstić information content (AvgIpc) is 2.45.